The second kappa shape index (κ2) is 6.79. The predicted octanol–water partition coefficient (Wildman–Crippen LogP) is 2.94. The van der Waals surface area contributed by atoms with E-state index in [1.807, 2.05) is 0 Å². The fourth-order valence-electron chi connectivity index (χ4n) is 2.64. The zero-order chi connectivity index (χ0) is 16.2. The van der Waals surface area contributed by atoms with Crippen molar-refractivity contribution in [3.8, 4) is 5.75 Å². The van der Waals surface area contributed by atoms with Gasteiger partial charge in [-0.05, 0) is 48.2 Å². The van der Waals surface area contributed by atoms with Crippen molar-refractivity contribution in [3.05, 3.63) is 59.9 Å². The molecule has 3 rings (SSSR count). The van der Waals surface area contributed by atoms with E-state index in [1.165, 1.54) is 6.07 Å². The van der Waals surface area contributed by atoms with Crippen LogP contribution in [0, 0.1) is 11.7 Å². The zero-order valence-corrected chi connectivity index (χ0v) is 12.5. The molecule has 1 saturated carbocycles. The molecule has 2 aromatic carbocycles. The Bertz CT molecular complexity index is 687. The van der Waals surface area contributed by atoms with Gasteiger partial charge in [0.15, 0.2) is 0 Å². The van der Waals surface area contributed by atoms with Crippen LogP contribution in [0.3, 0.4) is 0 Å². The molecule has 2 aromatic rings. The van der Waals surface area contributed by atoms with Gasteiger partial charge in [-0.25, -0.2) is 4.39 Å². The minimum absolute atomic E-state index is 0.0386. The molecule has 0 radical (unpaired) electrons. The predicted molar refractivity (Wildman–Crippen MR) is 84.9 cm³/mol. The van der Waals surface area contributed by atoms with Crippen LogP contribution >= 0.6 is 0 Å². The van der Waals surface area contributed by atoms with Crippen LogP contribution in [0.25, 0.3) is 0 Å². The van der Waals surface area contributed by atoms with E-state index in [-0.39, 0.29) is 36.8 Å². The highest BCUT2D eigenvalue weighted by atomic mass is 19.1. The Hall–Kier alpha value is -2.40. The molecule has 2 N–H and O–H groups in total. The molecule has 4 nitrogen and oxygen atoms in total. The highest BCUT2D eigenvalue weighted by Gasteiger charge is 2.45. The lowest BCUT2D eigenvalue weighted by Crippen LogP contribution is -2.14. The molecule has 23 heavy (non-hydrogen) atoms. The fourth-order valence-corrected chi connectivity index (χ4v) is 2.64. The molecule has 120 valence electrons. The van der Waals surface area contributed by atoms with Crippen LogP contribution in [0.1, 0.15) is 17.9 Å². The Kier molecular flexibility index (Phi) is 4.57. The summed E-state index contributed by atoms with van der Waals surface area (Å²) >= 11 is 0. The second-order valence-corrected chi connectivity index (χ2v) is 5.56. The van der Waals surface area contributed by atoms with Gasteiger partial charge in [0, 0.05) is 11.6 Å². The Morgan fingerprint density at radius 1 is 1.22 bits per heavy atom. The number of benzene rings is 2. The van der Waals surface area contributed by atoms with Crippen LogP contribution < -0.4 is 10.1 Å². The van der Waals surface area contributed by atoms with E-state index in [9.17, 15) is 9.18 Å². The summed E-state index contributed by atoms with van der Waals surface area (Å²) in [6.45, 7) is 0.190. The van der Waals surface area contributed by atoms with Gasteiger partial charge in [0.2, 0.25) is 5.91 Å². The van der Waals surface area contributed by atoms with Gasteiger partial charge in [-0.2, -0.15) is 0 Å². The van der Waals surface area contributed by atoms with Gasteiger partial charge in [0.05, 0.1) is 6.61 Å². The summed E-state index contributed by atoms with van der Waals surface area (Å²) in [7, 11) is 0. The molecule has 0 bridgehead atoms. The standard InChI is InChI=1S/C18H18FNO3/c19-17-4-2-1-3-14(17)15-11-16(15)18(22)20-12-5-7-13(8-6-12)23-10-9-21/h1-8,15-16,21H,9-11H2,(H,20,22). The van der Waals surface area contributed by atoms with Crippen molar-refractivity contribution >= 4 is 11.6 Å². The molecule has 0 heterocycles. The Morgan fingerprint density at radius 2 is 1.96 bits per heavy atom. The lowest BCUT2D eigenvalue weighted by Gasteiger charge is -2.08. The van der Waals surface area contributed by atoms with Gasteiger partial charge in [-0.15, -0.1) is 0 Å². The number of hydrogen-bond acceptors (Lipinski definition) is 3. The second-order valence-electron chi connectivity index (χ2n) is 5.56. The number of nitrogens with one attached hydrogen (secondary N) is 1. The first-order valence-electron chi connectivity index (χ1n) is 7.58. The molecule has 1 amide bonds. The van der Waals surface area contributed by atoms with Crippen molar-refractivity contribution in [2.24, 2.45) is 5.92 Å². The van der Waals surface area contributed by atoms with Gasteiger partial charge in [0.25, 0.3) is 0 Å². The normalized spacial score (nSPS) is 19.2. The molecule has 0 spiro atoms. The number of hydrogen-bond donors (Lipinski definition) is 2. The van der Waals surface area contributed by atoms with Crippen molar-refractivity contribution < 1.29 is 19.0 Å². The maximum absolute atomic E-state index is 13.7. The molecule has 0 saturated heterocycles. The SMILES string of the molecule is O=C(Nc1ccc(OCCO)cc1)C1CC1c1ccccc1F. The summed E-state index contributed by atoms with van der Waals surface area (Å²) in [6.07, 6.45) is 0.671. The zero-order valence-electron chi connectivity index (χ0n) is 12.5. The monoisotopic (exact) mass is 315 g/mol. The number of carbonyl (C=O) groups is 1. The Morgan fingerprint density at radius 3 is 2.65 bits per heavy atom. The maximum atomic E-state index is 13.7. The summed E-state index contributed by atoms with van der Waals surface area (Å²) in [5, 5.41) is 11.5. The molecule has 2 unspecified atom stereocenters. The average Bonchev–Trinajstić information content (AvgIpc) is 3.35. The van der Waals surface area contributed by atoms with Gasteiger partial charge in [-0.1, -0.05) is 18.2 Å². The maximum Gasteiger partial charge on any atom is 0.228 e. The van der Waals surface area contributed by atoms with E-state index >= 15 is 0 Å². The third kappa shape index (κ3) is 3.68. The van der Waals surface area contributed by atoms with E-state index in [0.29, 0.717) is 23.4 Å². The van der Waals surface area contributed by atoms with E-state index in [0.717, 1.165) is 0 Å². The number of amides is 1. The fraction of sp³-hybridized carbons (Fsp3) is 0.278. The lowest BCUT2D eigenvalue weighted by molar-refractivity contribution is -0.117. The quantitative estimate of drug-likeness (QED) is 0.861. The third-order valence-electron chi connectivity index (χ3n) is 3.91. The number of aliphatic hydroxyl groups excluding tert-OH is 1. The molecule has 2 atom stereocenters. The smallest absolute Gasteiger partial charge is 0.228 e. The molecular weight excluding hydrogens is 297 g/mol. The molecule has 1 aliphatic rings. The van der Waals surface area contributed by atoms with Crippen molar-refractivity contribution in [2.45, 2.75) is 12.3 Å². The first-order valence-corrected chi connectivity index (χ1v) is 7.58. The van der Waals surface area contributed by atoms with Crippen LogP contribution in [0.2, 0.25) is 0 Å². The van der Waals surface area contributed by atoms with E-state index in [1.54, 1.807) is 42.5 Å². The summed E-state index contributed by atoms with van der Waals surface area (Å²) in [6, 6.07) is 13.5. The molecule has 0 aromatic heterocycles. The Labute approximate surface area is 133 Å². The van der Waals surface area contributed by atoms with E-state index < -0.39 is 0 Å². The summed E-state index contributed by atoms with van der Waals surface area (Å²) in [5.41, 5.74) is 1.28. The van der Waals surface area contributed by atoms with Gasteiger partial charge in [0.1, 0.15) is 18.2 Å². The van der Waals surface area contributed by atoms with E-state index in [2.05, 4.69) is 5.32 Å². The largest absolute Gasteiger partial charge is 0.491 e. The number of ether oxygens (including phenoxy) is 1. The van der Waals surface area contributed by atoms with Crippen molar-refractivity contribution in [1.82, 2.24) is 0 Å². The van der Waals surface area contributed by atoms with Crippen LogP contribution in [0.4, 0.5) is 10.1 Å². The van der Waals surface area contributed by atoms with Crippen LogP contribution in [0.15, 0.2) is 48.5 Å². The van der Waals surface area contributed by atoms with Crippen molar-refractivity contribution in [3.63, 3.8) is 0 Å². The van der Waals surface area contributed by atoms with Crippen LogP contribution in [-0.2, 0) is 4.79 Å². The number of anilines is 1. The number of halogens is 1. The third-order valence-corrected chi connectivity index (χ3v) is 3.91. The van der Waals surface area contributed by atoms with Crippen LogP contribution in [0.5, 0.6) is 5.75 Å². The van der Waals surface area contributed by atoms with Crippen LogP contribution in [-0.4, -0.2) is 24.2 Å². The average molecular weight is 315 g/mol. The van der Waals surface area contributed by atoms with Gasteiger partial charge < -0.3 is 15.2 Å². The molecule has 0 aliphatic heterocycles. The summed E-state index contributed by atoms with van der Waals surface area (Å²) in [5.74, 6) is 0.0637. The highest BCUT2D eigenvalue weighted by Crippen LogP contribution is 2.48. The highest BCUT2D eigenvalue weighted by molar-refractivity contribution is 5.95. The van der Waals surface area contributed by atoms with Crippen molar-refractivity contribution in [2.75, 3.05) is 18.5 Å². The van der Waals surface area contributed by atoms with Gasteiger partial charge >= 0.3 is 0 Å². The van der Waals surface area contributed by atoms with Crippen molar-refractivity contribution in [1.29, 1.82) is 0 Å². The summed E-state index contributed by atoms with van der Waals surface area (Å²) in [4.78, 5) is 12.2. The first kappa shape index (κ1) is 15.5. The topological polar surface area (TPSA) is 58.6 Å². The molecular formula is C18H18FNO3. The summed E-state index contributed by atoms with van der Waals surface area (Å²) < 4.78 is 19.0. The minimum atomic E-state index is -0.252. The molecule has 1 fully saturated rings. The minimum Gasteiger partial charge on any atom is -0.491 e. The lowest BCUT2D eigenvalue weighted by atomic mass is 10.1. The first-order chi connectivity index (χ1) is 11.2. The van der Waals surface area contributed by atoms with Gasteiger partial charge in [-0.3, -0.25) is 4.79 Å². The number of carbonyl (C=O) groups excluding carboxylic acids is 1. The Balaban J connectivity index is 1.57. The molecule has 5 heteroatoms. The number of rotatable bonds is 6. The van der Waals surface area contributed by atoms with E-state index in [4.69, 9.17) is 9.84 Å². The molecule has 1 aliphatic carbocycles. The number of aliphatic hydroxyl groups is 1.